The van der Waals surface area contributed by atoms with E-state index in [-0.39, 0.29) is 16.5 Å². The molecule has 0 aliphatic heterocycles. The summed E-state index contributed by atoms with van der Waals surface area (Å²) in [5.41, 5.74) is 2.70. The van der Waals surface area contributed by atoms with Gasteiger partial charge in [0, 0.05) is 12.0 Å². The Morgan fingerprint density at radius 3 is 2.45 bits per heavy atom. The highest BCUT2D eigenvalue weighted by molar-refractivity contribution is 9.10. The zero-order valence-electron chi connectivity index (χ0n) is 11.3. The Hall–Kier alpha value is -1.26. The van der Waals surface area contributed by atoms with E-state index >= 15 is 0 Å². The van der Waals surface area contributed by atoms with E-state index < -0.39 is 17.7 Å². The lowest BCUT2D eigenvalue weighted by molar-refractivity contribution is 0.175. The van der Waals surface area contributed by atoms with Crippen molar-refractivity contribution in [3.05, 3.63) is 68.7 Å². The minimum absolute atomic E-state index is 0.0976. The fourth-order valence-corrected chi connectivity index (χ4v) is 2.41. The first-order valence-electron chi connectivity index (χ1n) is 6.27. The third-order valence-corrected chi connectivity index (χ3v) is 4.06. The third-order valence-electron chi connectivity index (χ3n) is 3.45. The van der Waals surface area contributed by atoms with Gasteiger partial charge < -0.3 is 5.11 Å². The standard InChI is InChI=1S/C16H15BrF2O/c1-9-3-4-11(7-10(9)2)15(20)8-12-14(18)6-5-13(17)16(12)19/h3-7,15,20H,8H2,1-2H3. The molecule has 0 heterocycles. The maximum atomic E-state index is 13.9. The summed E-state index contributed by atoms with van der Waals surface area (Å²) >= 11 is 3.02. The van der Waals surface area contributed by atoms with Gasteiger partial charge in [0.15, 0.2) is 0 Å². The van der Waals surface area contributed by atoms with Crippen molar-refractivity contribution in [1.82, 2.24) is 0 Å². The van der Waals surface area contributed by atoms with Crippen LogP contribution >= 0.6 is 15.9 Å². The van der Waals surface area contributed by atoms with Crippen molar-refractivity contribution in [3.8, 4) is 0 Å². The Balaban J connectivity index is 2.30. The number of aliphatic hydroxyl groups excluding tert-OH is 1. The Bertz CT molecular complexity index is 641. The third kappa shape index (κ3) is 3.07. The Labute approximate surface area is 125 Å². The van der Waals surface area contributed by atoms with Crippen molar-refractivity contribution in [2.24, 2.45) is 0 Å². The quantitative estimate of drug-likeness (QED) is 0.808. The van der Waals surface area contributed by atoms with E-state index in [2.05, 4.69) is 15.9 Å². The molecule has 1 atom stereocenters. The lowest BCUT2D eigenvalue weighted by atomic mass is 9.97. The number of rotatable bonds is 3. The van der Waals surface area contributed by atoms with Crippen molar-refractivity contribution in [1.29, 1.82) is 0 Å². The van der Waals surface area contributed by atoms with Gasteiger partial charge in [-0.2, -0.15) is 0 Å². The van der Waals surface area contributed by atoms with Crippen LogP contribution in [0.4, 0.5) is 8.78 Å². The number of hydrogen-bond acceptors (Lipinski definition) is 1. The predicted molar refractivity (Wildman–Crippen MR) is 78.6 cm³/mol. The van der Waals surface area contributed by atoms with E-state index in [4.69, 9.17) is 0 Å². The predicted octanol–water partition coefficient (Wildman–Crippen LogP) is 4.62. The number of halogens is 3. The smallest absolute Gasteiger partial charge is 0.143 e. The number of aryl methyl sites for hydroxylation is 2. The number of hydrogen-bond donors (Lipinski definition) is 1. The van der Waals surface area contributed by atoms with Crippen molar-refractivity contribution in [3.63, 3.8) is 0 Å². The number of benzene rings is 2. The summed E-state index contributed by atoms with van der Waals surface area (Å²) in [7, 11) is 0. The molecule has 0 radical (unpaired) electrons. The zero-order chi connectivity index (χ0) is 14.9. The van der Waals surface area contributed by atoms with Crippen molar-refractivity contribution < 1.29 is 13.9 Å². The van der Waals surface area contributed by atoms with Gasteiger partial charge in [0.25, 0.3) is 0 Å². The van der Waals surface area contributed by atoms with Crippen LogP contribution in [0.25, 0.3) is 0 Å². The molecular formula is C16H15BrF2O. The molecule has 1 unspecified atom stereocenters. The second-order valence-corrected chi connectivity index (χ2v) is 5.74. The van der Waals surface area contributed by atoms with Crippen LogP contribution in [0.3, 0.4) is 0 Å². The maximum Gasteiger partial charge on any atom is 0.143 e. The highest BCUT2D eigenvalue weighted by Gasteiger charge is 2.17. The molecule has 0 saturated heterocycles. The lowest BCUT2D eigenvalue weighted by Crippen LogP contribution is -2.06. The van der Waals surface area contributed by atoms with Gasteiger partial charge in [-0.25, -0.2) is 8.78 Å². The van der Waals surface area contributed by atoms with Gasteiger partial charge in [-0.15, -0.1) is 0 Å². The summed E-state index contributed by atoms with van der Waals surface area (Å²) in [6, 6.07) is 8.02. The molecule has 20 heavy (non-hydrogen) atoms. The fraction of sp³-hybridized carbons (Fsp3) is 0.250. The van der Waals surface area contributed by atoms with Crippen LogP contribution in [0.1, 0.15) is 28.4 Å². The minimum Gasteiger partial charge on any atom is -0.388 e. The Kier molecular flexibility index (Phi) is 4.55. The molecule has 2 aromatic rings. The summed E-state index contributed by atoms with van der Waals surface area (Å²) in [5.74, 6) is -1.30. The Morgan fingerprint density at radius 1 is 1.10 bits per heavy atom. The molecule has 2 rings (SSSR count). The molecule has 0 saturated carbocycles. The summed E-state index contributed by atoms with van der Waals surface area (Å²) in [5, 5.41) is 10.2. The van der Waals surface area contributed by atoms with E-state index in [1.165, 1.54) is 12.1 Å². The topological polar surface area (TPSA) is 20.2 Å². The molecule has 1 nitrogen and oxygen atoms in total. The van der Waals surface area contributed by atoms with E-state index in [1.807, 2.05) is 26.0 Å². The van der Waals surface area contributed by atoms with Gasteiger partial charge in [-0.3, -0.25) is 0 Å². The van der Waals surface area contributed by atoms with Crippen LogP contribution in [-0.4, -0.2) is 5.11 Å². The van der Waals surface area contributed by atoms with Crippen molar-refractivity contribution in [2.45, 2.75) is 26.4 Å². The summed E-state index contributed by atoms with van der Waals surface area (Å²) in [4.78, 5) is 0. The zero-order valence-corrected chi connectivity index (χ0v) is 12.8. The second-order valence-electron chi connectivity index (χ2n) is 4.89. The highest BCUT2D eigenvalue weighted by atomic mass is 79.9. The first-order chi connectivity index (χ1) is 9.40. The van der Waals surface area contributed by atoms with Crippen molar-refractivity contribution >= 4 is 15.9 Å². The summed E-state index contributed by atoms with van der Waals surface area (Å²) < 4.78 is 27.8. The molecule has 1 N–H and O–H groups in total. The summed E-state index contributed by atoms with van der Waals surface area (Å²) in [6.07, 6.45) is -1.04. The van der Waals surface area contributed by atoms with Crippen LogP contribution in [0.2, 0.25) is 0 Å². The van der Waals surface area contributed by atoms with Gasteiger partial charge >= 0.3 is 0 Å². The normalized spacial score (nSPS) is 12.5. The first kappa shape index (κ1) is 15.1. The first-order valence-corrected chi connectivity index (χ1v) is 7.07. The maximum absolute atomic E-state index is 13.9. The van der Waals surface area contributed by atoms with Gasteiger partial charge in [0.2, 0.25) is 0 Å². The molecule has 0 fully saturated rings. The molecular weight excluding hydrogens is 326 g/mol. The minimum atomic E-state index is -0.937. The largest absolute Gasteiger partial charge is 0.388 e. The van der Waals surface area contributed by atoms with Crippen LogP contribution < -0.4 is 0 Å². The number of aliphatic hydroxyl groups is 1. The molecule has 0 aromatic heterocycles. The van der Waals surface area contributed by atoms with Gasteiger partial charge in [0.1, 0.15) is 11.6 Å². The lowest BCUT2D eigenvalue weighted by Gasteiger charge is -2.14. The molecule has 106 valence electrons. The van der Waals surface area contributed by atoms with Gasteiger partial charge in [-0.05, 0) is 58.6 Å². The second kappa shape index (κ2) is 6.02. The molecule has 0 amide bonds. The fourth-order valence-electron chi connectivity index (χ4n) is 2.04. The van der Waals surface area contributed by atoms with Crippen molar-refractivity contribution in [2.75, 3.05) is 0 Å². The molecule has 0 bridgehead atoms. The van der Waals surface area contributed by atoms with Gasteiger partial charge in [-0.1, -0.05) is 18.2 Å². The SMILES string of the molecule is Cc1ccc(C(O)Cc2c(F)ccc(Br)c2F)cc1C. The van der Waals surface area contributed by atoms with E-state index in [1.54, 1.807) is 6.07 Å². The highest BCUT2D eigenvalue weighted by Crippen LogP contribution is 2.27. The van der Waals surface area contributed by atoms with E-state index in [9.17, 15) is 13.9 Å². The van der Waals surface area contributed by atoms with Crippen LogP contribution in [-0.2, 0) is 6.42 Å². The van der Waals surface area contributed by atoms with Crippen LogP contribution in [0.5, 0.6) is 0 Å². The van der Waals surface area contributed by atoms with Crippen LogP contribution in [0.15, 0.2) is 34.8 Å². The molecule has 0 aliphatic rings. The average molecular weight is 341 g/mol. The van der Waals surface area contributed by atoms with Gasteiger partial charge in [0.05, 0.1) is 10.6 Å². The molecule has 0 aliphatic carbocycles. The monoisotopic (exact) mass is 340 g/mol. The Morgan fingerprint density at radius 2 is 1.80 bits per heavy atom. The van der Waals surface area contributed by atoms with E-state index in [0.29, 0.717) is 5.56 Å². The summed E-state index contributed by atoms with van der Waals surface area (Å²) in [6.45, 7) is 3.91. The molecule has 0 spiro atoms. The molecule has 4 heteroatoms. The molecule has 2 aromatic carbocycles. The van der Waals surface area contributed by atoms with Crippen LogP contribution in [0, 0.1) is 25.5 Å². The van der Waals surface area contributed by atoms with E-state index in [0.717, 1.165) is 11.1 Å². The average Bonchev–Trinajstić information content (AvgIpc) is 2.42.